The zero-order chi connectivity index (χ0) is 34.9. The summed E-state index contributed by atoms with van der Waals surface area (Å²) in [6, 6.07) is 61.6. The van der Waals surface area contributed by atoms with Crippen molar-refractivity contribution in [1.29, 1.82) is 0 Å². The van der Waals surface area contributed by atoms with Gasteiger partial charge in [0, 0.05) is 27.5 Å². The molecule has 0 bridgehead atoms. The van der Waals surface area contributed by atoms with Crippen molar-refractivity contribution in [2.75, 3.05) is 0 Å². The van der Waals surface area contributed by atoms with Crippen molar-refractivity contribution >= 4 is 65.0 Å². The predicted octanol–water partition coefficient (Wildman–Crippen LogP) is 13.1. The first-order valence-electron chi connectivity index (χ1n) is 17.9. The average Bonchev–Trinajstić information content (AvgIpc) is 3.61. The lowest BCUT2D eigenvalue weighted by Gasteiger charge is -2.14. The Bertz CT molecular complexity index is 3240. The molecule has 0 fully saturated rings. The second kappa shape index (κ2) is 11.7. The molecule has 53 heavy (non-hydrogen) atoms. The quantitative estimate of drug-likeness (QED) is 0.174. The van der Waals surface area contributed by atoms with E-state index in [4.69, 9.17) is 19.4 Å². The van der Waals surface area contributed by atoms with Crippen LogP contribution in [-0.2, 0) is 0 Å². The molecule has 0 radical (unpaired) electrons. The van der Waals surface area contributed by atoms with Crippen LogP contribution in [0.4, 0.5) is 0 Å². The monoisotopic (exact) mass is 675 g/mol. The maximum atomic E-state index is 7.14. The van der Waals surface area contributed by atoms with Gasteiger partial charge in [-0.15, -0.1) is 0 Å². The largest absolute Gasteiger partial charge is 0.455 e. The van der Waals surface area contributed by atoms with Gasteiger partial charge in [0.1, 0.15) is 11.2 Å². The molecule has 9 aromatic carbocycles. The maximum absolute atomic E-state index is 7.14. The van der Waals surface area contributed by atoms with E-state index in [1.54, 1.807) is 0 Å². The van der Waals surface area contributed by atoms with E-state index in [9.17, 15) is 0 Å². The highest BCUT2D eigenvalue weighted by Gasteiger charge is 2.22. The molecule has 2 heterocycles. The van der Waals surface area contributed by atoms with Crippen LogP contribution in [0.15, 0.2) is 180 Å². The molecule has 0 aliphatic carbocycles. The lowest BCUT2D eigenvalue weighted by Crippen LogP contribution is -2.00. The number of hydrogen-bond acceptors (Lipinski definition) is 4. The van der Waals surface area contributed by atoms with Gasteiger partial charge in [-0.05, 0) is 72.9 Å². The number of benzene rings is 9. The van der Waals surface area contributed by atoms with Gasteiger partial charge in [-0.25, -0.2) is 15.0 Å². The van der Waals surface area contributed by atoms with Crippen molar-refractivity contribution in [1.82, 2.24) is 15.0 Å². The van der Waals surface area contributed by atoms with Crippen molar-refractivity contribution in [3.05, 3.63) is 176 Å². The maximum Gasteiger partial charge on any atom is 0.167 e. The third-order valence-corrected chi connectivity index (χ3v) is 10.5. The molecule has 11 aromatic rings. The van der Waals surface area contributed by atoms with Crippen molar-refractivity contribution < 1.29 is 4.42 Å². The van der Waals surface area contributed by atoms with Crippen molar-refractivity contribution in [3.63, 3.8) is 0 Å². The summed E-state index contributed by atoms with van der Waals surface area (Å²) in [4.78, 5) is 15.3. The van der Waals surface area contributed by atoms with Gasteiger partial charge in [0.25, 0.3) is 0 Å². The molecule has 4 nitrogen and oxygen atoms in total. The number of fused-ring (bicyclic) bond motifs is 8. The van der Waals surface area contributed by atoms with Gasteiger partial charge >= 0.3 is 0 Å². The molecule has 4 heteroatoms. The van der Waals surface area contributed by atoms with E-state index in [2.05, 4.69) is 146 Å². The summed E-state index contributed by atoms with van der Waals surface area (Å²) in [5.74, 6) is 1.79. The first kappa shape index (κ1) is 29.5. The molecule has 11 rings (SSSR count). The Morgan fingerprint density at radius 2 is 0.906 bits per heavy atom. The van der Waals surface area contributed by atoms with Gasteiger partial charge in [0.05, 0.1) is 5.56 Å². The van der Waals surface area contributed by atoms with Crippen LogP contribution >= 0.6 is 0 Å². The lowest BCUT2D eigenvalue weighted by molar-refractivity contribution is 0.671. The van der Waals surface area contributed by atoms with Gasteiger partial charge < -0.3 is 4.42 Å². The number of aromatic nitrogens is 3. The van der Waals surface area contributed by atoms with E-state index in [0.29, 0.717) is 17.5 Å². The number of nitrogens with zero attached hydrogens (tertiary/aromatic N) is 3. The van der Waals surface area contributed by atoms with Crippen molar-refractivity contribution in [2.45, 2.75) is 0 Å². The topological polar surface area (TPSA) is 51.8 Å². The standard InChI is InChI=1S/C49H29N3O/c1-2-14-31(15-3-1)47-50-48(35-26-25-30-13-4-5-16-32(30)27-35)52-49(51-47)41-24-12-23-40-43-29-34-18-7-9-20-37(34)44(46(43)53-45(40)41)42-28-33-17-6-8-19-36(33)38-21-10-11-22-39(38)42/h1-29H. The molecule has 2 aromatic heterocycles. The number of furan rings is 1. The smallest absolute Gasteiger partial charge is 0.167 e. The molecule has 0 unspecified atom stereocenters. The highest BCUT2D eigenvalue weighted by Crippen LogP contribution is 2.46. The zero-order valence-electron chi connectivity index (χ0n) is 28.5. The first-order chi connectivity index (χ1) is 26.3. The van der Waals surface area contributed by atoms with Crippen LogP contribution in [0, 0.1) is 0 Å². The molecule has 0 aliphatic rings. The van der Waals surface area contributed by atoms with E-state index in [-0.39, 0.29) is 0 Å². The molecule has 0 aliphatic heterocycles. The fourth-order valence-electron chi connectivity index (χ4n) is 7.97. The Balaban J connectivity index is 1.21. The van der Waals surface area contributed by atoms with Crippen LogP contribution in [0.5, 0.6) is 0 Å². The Morgan fingerprint density at radius 3 is 1.72 bits per heavy atom. The Morgan fingerprint density at radius 1 is 0.302 bits per heavy atom. The Kier molecular flexibility index (Phi) is 6.52. The van der Waals surface area contributed by atoms with Crippen molar-refractivity contribution in [3.8, 4) is 45.3 Å². The molecular weight excluding hydrogens is 647 g/mol. The molecule has 246 valence electrons. The third-order valence-electron chi connectivity index (χ3n) is 10.5. The van der Waals surface area contributed by atoms with Crippen molar-refractivity contribution in [2.24, 2.45) is 0 Å². The summed E-state index contributed by atoms with van der Waals surface area (Å²) in [5, 5.41) is 11.5. The second-order valence-corrected chi connectivity index (χ2v) is 13.6. The van der Waals surface area contributed by atoms with E-state index >= 15 is 0 Å². The fraction of sp³-hybridized carbons (Fsp3) is 0. The predicted molar refractivity (Wildman–Crippen MR) is 219 cm³/mol. The van der Waals surface area contributed by atoms with Crippen LogP contribution < -0.4 is 0 Å². The summed E-state index contributed by atoms with van der Waals surface area (Å²) in [6.45, 7) is 0. The lowest BCUT2D eigenvalue weighted by atomic mass is 9.89. The second-order valence-electron chi connectivity index (χ2n) is 13.6. The number of para-hydroxylation sites is 1. The SMILES string of the molecule is c1ccc(-c2nc(-c3ccc4ccccc4c3)nc(-c3cccc4c3oc3c(-c5cc6ccccc6c6ccccc56)c5ccccc5cc34)n2)cc1. The van der Waals surface area contributed by atoms with Gasteiger partial charge in [-0.3, -0.25) is 0 Å². The molecule has 0 atom stereocenters. The zero-order valence-corrected chi connectivity index (χ0v) is 28.5. The van der Waals surface area contributed by atoms with Crippen LogP contribution in [0.25, 0.3) is 110 Å². The molecular formula is C49H29N3O. The van der Waals surface area contributed by atoms with Gasteiger partial charge in [-0.2, -0.15) is 0 Å². The summed E-state index contributed by atoms with van der Waals surface area (Å²) < 4.78 is 7.14. The Hall–Kier alpha value is -7.17. The minimum absolute atomic E-state index is 0.564. The molecule has 0 amide bonds. The summed E-state index contributed by atoms with van der Waals surface area (Å²) >= 11 is 0. The minimum Gasteiger partial charge on any atom is -0.455 e. The van der Waals surface area contributed by atoms with Gasteiger partial charge in [-0.1, -0.05) is 152 Å². The third kappa shape index (κ3) is 4.73. The highest BCUT2D eigenvalue weighted by molar-refractivity contribution is 6.24. The summed E-state index contributed by atoms with van der Waals surface area (Å²) in [7, 11) is 0. The first-order valence-corrected chi connectivity index (χ1v) is 17.9. The molecule has 0 saturated carbocycles. The van der Waals surface area contributed by atoms with Crippen LogP contribution in [0.3, 0.4) is 0 Å². The molecule has 0 spiro atoms. The van der Waals surface area contributed by atoms with Crippen LogP contribution in [0.2, 0.25) is 0 Å². The fourth-order valence-corrected chi connectivity index (χ4v) is 7.97. The van der Waals surface area contributed by atoms with E-state index in [1.807, 2.05) is 30.3 Å². The number of rotatable bonds is 4. The Labute approximate surface area is 304 Å². The molecule has 0 N–H and O–H groups in total. The van der Waals surface area contributed by atoms with Crippen LogP contribution in [0.1, 0.15) is 0 Å². The van der Waals surface area contributed by atoms with E-state index in [0.717, 1.165) is 65.9 Å². The average molecular weight is 676 g/mol. The van der Waals surface area contributed by atoms with Crippen LogP contribution in [-0.4, -0.2) is 15.0 Å². The minimum atomic E-state index is 0.564. The summed E-state index contributed by atoms with van der Waals surface area (Å²) in [5.41, 5.74) is 6.49. The highest BCUT2D eigenvalue weighted by atomic mass is 16.3. The van der Waals surface area contributed by atoms with Gasteiger partial charge in [0.2, 0.25) is 0 Å². The summed E-state index contributed by atoms with van der Waals surface area (Å²) in [6.07, 6.45) is 0. The van der Waals surface area contributed by atoms with Gasteiger partial charge in [0.15, 0.2) is 17.5 Å². The number of hydrogen-bond donors (Lipinski definition) is 0. The normalized spacial score (nSPS) is 11.8. The molecule has 0 saturated heterocycles. The van der Waals surface area contributed by atoms with E-state index < -0.39 is 0 Å². The van der Waals surface area contributed by atoms with E-state index in [1.165, 1.54) is 26.9 Å².